The number of hydrogen-bond acceptors (Lipinski definition) is 3. The molecule has 0 radical (unpaired) electrons. The van der Waals surface area contributed by atoms with E-state index in [4.69, 9.17) is 27.9 Å². The van der Waals surface area contributed by atoms with Gasteiger partial charge >= 0.3 is 6.09 Å². The van der Waals surface area contributed by atoms with Crippen LogP contribution in [0.5, 0.6) is 0 Å². The van der Waals surface area contributed by atoms with Crippen LogP contribution in [0.2, 0.25) is 0 Å². The zero-order chi connectivity index (χ0) is 13.1. The van der Waals surface area contributed by atoms with Gasteiger partial charge in [-0.15, -0.1) is 0 Å². The number of ketones is 1. The first kappa shape index (κ1) is 13.0. The summed E-state index contributed by atoms with van der Waals surface area (Å²) in [6.45, 7) is 6.20. The third-order valence-electron chi connectivity index (χ3n) is 3.15. The molecule has 1 aliphatic heterocycles. The molecule has 1 spiro atoms. The number of rotatable bonds is 0. The van der Waals surface area contributed by atoms with Gasteiger partial charge in [0, 0.05) is 19.5 Å². The summed E-state index contributed by atoms with van der Waals surface area (Å²) in [4.78, 5) is 24.5. The summed E-state index contributed by atoms with van der Waals surface area (Å²) in [7, 11) is 0. The third-order valence-corrected chi connectivity index (χ3v) is 4.38. The van der Waals surface area contributed by atoms with E-state index in [0.717, 1.165) is 0 Å². The van der Waals surface area contributed by atoms with Crippen molar-refractivity contribution in [3.63, 3.8) is 0 Å². The van der Waals surface area contributed by atoms with E-state index in [1.807, 2.05) is 0 Å². The topological polar surface area (TPSA) is 46.6 Å². The van der Waals surface area contributed by atoms with E-state index in [1.165, 1.54) is 4.90 Å². The molecule has 0 N–H and O–H groups in total. The number of carbonyl (C=O) groups is 2. The second kappa shape index (κ2) is 3.51. The van der Waals surface area contributed by atoms with E-state index in [2.05, 4.69) is 0 Å². The summed E-state index contributed by atoms with van der Waals surface area (Å²) in [5.41, 5.74) is -0.974. The van der Waals surface area contributed by atoms with E-state index in [9.17, 15) is 9.59 Å². The largest absolute Gasteiger partial charge is 0.444 e. The van der Waals surface area contributed by atoms with Gasteiger partial charge in [0.05, 0.1) is 5.41 Å². The van der Waals surface area contributed by atoms with Crippen molar-refractivity contribution in [1.82, 2.24) is 4.90 Å². The molecule has 17 heavy (non-hydrogen) atoms. The van der Waals surface area contributed by atoms with Crippen molar-refractivity contribution < 1.29 is 14.3 Å². The molecular weight excluding hydrogens is 265 g/mol. The predicted molar refractivity (Wildman–Crippen MR) is 64.3 cm³/mol. The van der Waals surface area contributed by atoms with Gasteiger partial charge in [-0.1, -0.05) is 23.2 Å². The van der Waals surface area contributed by atoms with Gasteiger partial charge < -0.3 is 9.64 Å². The highest BCUT2D eigenvalue weighted by atomic mass is 35.5. The maximum atomic E-state index is 11.7. The summed E-state index contributed by atoms with van der Waals surface area (Å²) in [5, 5.41) is 0. The lowest BCUT2D eigenvalue weighted by Gasteiger charge is -2.60. The monoisotopic (exact) mass is 279 g/mol. The molecule has 2 rings (SSSR count). The smallest absolute Gasteiger partial charge is 0.410 e. The molecule has 1 saturated carbocycles. The normalized spacial score (nSPS) is 25.2. The summed E-state index contributed by atoms with van der Waals surface area (Å²) in [6.07, 6.45) is -0.0362. The fourth-order valence-electron chi connectivity index (χ4n) is 2.17. The molecule has 6 heteroatoms. The number of hydrogen-bond donors (Lipinski definition) is 0. The number of likely N-dealkylation sites (tertiary alicyclic amines) is 1. The molecule has 96 valence electrons. The van der Waals surface area contributed by atoms with Crippen molar-refractivity contribution in [2.75, 3.05) is 13.1 Å². The van der Waals surface area contributed by atoms with Crippen LogP contribution in [0.15, 0.2) is 0 Å². The van der Waals surface area contributed by atoms with Crippen LogP contribution in [0.3, 0.4) is 0 Å². The number of amides is 1. The lowest BCUT2D eigenvalue weighted by Crippen LogP contribution is -2.74. The lowest BCUT2D eigenvalue weighted by molar-refractivity contribution is -0.146. The Hall–Kier alpha value is -0.480. The van der Waals surface area contributed by atoms with Crippen molar-refractivity contribution in [3.8, 4) is 0 Å². The Bertz CT molecular complexity index is 381. The Morgan fingerprint density at radius 2 is 1.88 bits per heavy atom. The molecule has 1 amide bonds. The van der Waals surface area contributed by atoms with Crippen molar-refractivity contribution >= 4 is 35.1 Å². The summed E-state index contributed by atoms with van der Waals surface area (Å²) >= 11 is 11.9. The molecule has 2 fully saturated rings. The quantitative estimate of drug-likeness (QED) is 0.640. The molecule has 0 unspecified atom stereocenters. The number of ether oxygens (including phenoxy) is 1. The van der Waals surface area contributed by atoms with Crippen LogP contribution in [0, 0.1) is 5.41 Å². The van der Waals surface area contributed by atoms with Gasteiger partial charge in [0.2, 0.25) is 0 Å². The van der Waals surface area contributed by atoms with E-state index in [-0.39, 0.29) is 11.9 Å². The Balaban J connectivity index is 1.92. The minimum absolute atomic E-state index is 0.162. The van der Waals surface area contributed by atoms with Gasteiger partial charge in [0.25, 0.3) is 0 Å². The average molecular weight is 280 g/mol. The van der Waals surface area contributed by atoms with E-state index < -0.39 is 15.3 Å². The average Bonchev–Trinajstić information content (AvgIpc) is 2.06. The Kier molecular flexibility index (Phi) is 2.68. The third kappa shape index (κ3) is 1.91. The maximum Gasteiger partial charge on any atom is 0.410 e. The fraction of sp³-hybridized carbons (Fsp3) is 0.818. The predicted octanol–water partition coefficient (Wildman–Crippen LogP) is 2.37. The molecule has 1 aliphatic carbocycles. The van der Waals surface area contributed by atoms with Crippen LogP contribution in [-0.2, 0) is 9.53 Å². The number of nitrogens with zero attached hydrogens (tertiary/aromatic N) is 1. The van der Waals surface area contributed by atoms with Gasteiger partial charge in [0.15, 0.2) is 10.1 Å². The fourth-order valence-corrected chi connectivity index (χ4v) is 2.68. The molecular formula is C11H15Cl2NO3. The van der Waals surface area contributed by atoms with Crippen LogP contribution >= 0.6 is 23.2 Å². The Morgan fingerprint density at radius 3 is 2.24 bits per heavy atom. The molecule has 0 aromatic carbocycles. The molecule has 0 aromatic rings. The van der Waals surface area contributed by atoms with Crippen LogP contribution in [0.4, 0.5) is 4.79 Å². The van der Waals surface area contributed by atoms with Crippen molar-refractivity contribution in [2.24, 2.45) is 5.41 Å². The van der Waals surface area contributed by atoms with Gasteiger partial charge in [0.1, 0.15) is 5.60 Å². The molecule has 0 bridgehead atoms. The minimum atomic E-state index is -1.33. The van der Waals surface area contributed by atoms with Crippen LogP contribution in [0.25, 0.3) is 0 Å². The SMILES string of the molecule is CC(C)(C)OC(=O)N1CC2(CC(=O)C2(Cl)Cl)C1. The van der Waals surface area contributed by atoms with Crippen LogP contribution < -0.4 is 0 Å². The van der Waals surface area contributed by atoms with Crippen LogP contribution in [-0.4, -0.2) is 39.8 Å². The van der Waals surface area contributed by atoms with E-state index in [0.29, 0.717) is 19.5 Å². The summed E-state index contributed by atoms with van der Waals surface area (Å²) in [6, 6.07) is 0. The first-order chi connectivity index (χ1) is 7.57. The highest BCUT2D eigenvalue weighted by Gasteiger charge is 2.70. The Labute approximate surface area is 110 Å². The summed E-state index contributed by atoms with van der Waals surface area (Å²) < 4.78 is 3.89. The standard InChI is InChI=1S/C11H15Cl2NO3/c1-9(2,3)17-8(16)14-5-10(6-14)4-7(15)11(10,12)13/h4-6H2,1-3H3. The number of alkyl halides is 2. The number of Topliss-reactive ketones (excluding diaryl/α,β-unsaturated/α-hetero) is 1. The van der Waals surface area contributed by atoms with Gasteiger partial charge in [-0.05, 0) is 20.8 Å². The number of carbonyl (C=O) groups excluding carboxylic acids is 2. The number of halogens is 2. The van der Waals surface area contributed by atoms with Gasteiger partial charge in [-0.2, -0.15) is 0 Å². The molecule has 0 atom stereocenters. The summed E-state index contributed by atoms with van der Waals surface area (Å²) in [5.74, 6) is -0.162. The van der Waals surface area contributed by atoms with Gasteiger partial charge in [-0.3, -0.25) is 4.79 Å². The van der Waals surface area contributed by atoms with Crippen molar-refractivity contribution in [3.05, 3.63) is 0 Å². The Morgan fingerprint density at radius 1 is 1.35 bits per heavy atom. The highest BCUT2D eigenvalue weighted by molar-refractivity contribution is 6.61. The first-order valence-electron chi connectivity index (χ1n) is 5.46. The van der Waals surface area contributed by atoms with Crippen LogP contribution in [0.1, 0.15) is 27.2 Å². The van der Waals surface area contributed by atoms with Crippen molar-refractivity contribution in [1.29, 1.82) is 0 Å². The molecule has 0 aromatic heterocycles. The molecule has 2 aliphatic rings. The van der Waals surface area contributed by atoms with E-state index >= 15 is 0 Å². The molecule has 4 nitrogen and oxygen atoms in total. The maximum absolute atomic E-state index is 11.7. The zero-order valence-corrected chi connectivity index (χ0v) is 11.6. The minimum Gasteiger partial charge on any atom is -0.444 e. The lowest BCUT2D eigenvalue weighted by atomic mass is 9.62. The second-order valence-corrected chi connectivity index (χ2v) is 7.12. The highest BCUT2D eigenvalue weighted by Crippen LogP contribution is 2.59. The molecule has 1 saturated heterocycles. The van der Waals surface area contributed by atoms with Gasteiger partial charge in [-0.25, -0.2) is 4.79 Å². The zero-order valence-electron chi connectivity index (χ0n) is 10.0. The van der Waals surface area contributed by atoms with E-state index in [1.54, 1.807) is 20.8 Å². The van der Waals surface area contributed by atoms with Crippen molar-refractivity contribution in [2.45, 2.75) is 37.1 Å². The first-order valence-corrected chi connectivity index (χ1v) is 6.22. The second-order valence-electron chi connectivity index (χ2n) is 5.79. The molecule has 1 heterocycles.